The maximum atomic E-state index is 13.9. The van der Waals surface area contributed by atoms with Gasteiger partial charge in [-0.3, -0.25) is 0 Å². The fourth-order valence-electron chi connectivity index (χ4n) is 2.33. The highest BCUT2D eigenvalue weighted by molar-refractivity contribution is 9.11. The first-order chi connectivity index (χ1) is 11.8. The van der Waals surface area contributed by atoms with E-state index in [9.17, 15) is 35.3 Å². The SMILES string of the molecule is [O-][S+](c1cc(Br)[c]c(Br)c1CC1CCOC1)C(F)(F)C(F)(F)C(F)(F)F. The number of rotatable bonds is 5. The second-order valence-corrected chi connectivity index (χ2v) is 8.70. The molecule has 1 aliphatic heterocycles. The average molecular weight is 535 g/mol. The van der Waals surface area contributed by atoms with Crippen LogP contribution >= 0.6 is 31.9 Å². The molecular formula is C14H10Br2F7O2S. The Hall–Kier alpha value is -0.0400. The molecule has 1 aromatic rings. The van der Waals surface area contributed by atoms with Gasteiger partial charge in [0.15, 0.2) is 4.90 Å². The fourth-order valence-corrected chi connectivity index (χ4v) is 5.16. The van der Waals surface area contributed by atoms with Crippen LogP contribution in [-0.2, 0) is 22.3 Å². The van der Waals surface area contributed by atoms with Crippen molar-refractivity contribution >= 4 is 43.0 Å². The van der Waals surface area contributed by atoms with Crippen LogP contribution in [0.5, 0.6) is 0 Å². The highest BCUT2D eigenvalue weighted by Crippen LogP contribution is 2.51. The van der Waals surface area contributed by atoms with Gasteiger partial charge in [0.2, 0.25) is 0 Å². The minimum Gasteiger partial charge on any atom is -0.607 e. The normalized spacial score (nSPS) is 20.5. The molecule has 2 unspecified atom stereocenters. The summed E-state index contributed by atoms with van der Waals surface area (Å²) in [6.45, 7) is 0.674. The van der Waals surface area contributed by atoms with Gasteiger partial charge in [-0.25, -0.2) is 0 Å². The lowest BCUT2D eigenvalue weighted by molar-refractivity contribution is -0.332. The monoisotopic (exact) mass is 533 g/mol. The molecule has 0 bridgehead atoms. The maximum Gasteiger partial charge on any atom is 0.486 e. The van der Waals surface area contributed by atoms with Gasteiger partial charge in [-0.15, -0.1) is 8.78 Å². The smallest absolute Gasteiger partial charge is 0.486 e. The van der Waals surface area contributed by atoms with E-state index in [0.717, 1.165) is 6.07 Å². The molecule has 147 valence electrons. The predicted molar refractivity (Wildman–Crippen MR) is 85.7 cm³/mol. The number of ether oxygens (including phenoxy) is 1. The Bertz CT molecular complexity index is 663. The molecule has 26 heavy (non-hydrogen) atoms. The summed E-state index contributed by atoms with van der Waals surface area (Å²) in [6, 6.07) is 3.44. The van der Waals surface area contributed by atoms with Gasteiger partial charge in [-0.05, 0) is 50.6 Å². The Morgan fingerprint density at radius 1 is 1.19 bits per heavy atom. The first-order valence-corrected chi connectivity index (χ1v) is 9.74. The van der Waals surface area contributed by atoms with Crippen molar-refractivity contribution in [3.05, 3.63) is 26.6 Å². The second-order valence-electron chi connectivity index (χ2n) is 5.57. The van der Waals surface area contributed by atoms with Crippen LogP contribution in [0.25, 0.3) is 0 Å². The van der Waals surface area contributed by atoms with Crippen LogP contribution in [0.15, 0.2) is 19.9 Å². The standard InChI is InChI=1S/C14H10Br2F7O2S/c15-8-4-10(16)9(3-7-1-2-25-6-7)11(5-8)26(24)14(22,23)12(17,18)13(19,20)21/h5,7H,1-3,6H2. The fraction of sp³-hybridized carbons (Fsp3) is 0.571. The van der Waals surface area contributed by atoms with Crippen molar-refractivity contribution in [2.24, 2.45) is 5.92 Å². The van der Waals surface area contributed by atoms with Crippen LogP contribution in [0.4, 0.5) is 30.7 Å². The molecule has 0 N–H and O–H groups in total. The predicted octanol–water partition coefficient (Wildman–Crippen LogP) is 5.49. The molecule has 0 spiro atoms. The summed E-state index contributed by atoms with van der Waals surface area (Å²) in [4.78, 5) is -0.816. The van der Waals surface area contributed by atoms with Gasteiger partial charge in [-0.1, -0.05) is 0 Å². The van der Waals surface area contributed by atoms with E-state index in [4.69, 9.17) is 4.74 Å². The number of benzene rings is 1. The van der Waals surface area contributed by atoms with Crippen molar-refractivity contribution in [3.8, 4) is 0 Å². The largest absolute Gasteiger partial charge is 0.607 e. The first kappa shape index (κ1) is 22.3. The van der Waals surface area contributed by atoms with Crippen molar-refractivity contribution in [2.45, 2.75) is 35.1 Å². The number of hydrogen-bond donors (Lipinski definition) is 0. The summed E-state index contributed by atoms with van der Waals surface area (Å²) in [5.41, 5.74) is -0.0697. The molecule has 2 atom stereocenters. The molecule has 12 heteroatoms. The molecule has 0 aliphatic carbocycles. The molecule has 2 nitrogen and oxygen atoms in total. The zero-order valence-corrected chi connectivity index (χ0v) is 16.6. The third-order valence-electron chi connectivity index (χ3n) is 3.72. The van der Waals surface area contributed by atoms with Crippen LogP contribution in [0.2, 0.25) is 0 Å². The summed E-state index contributed by atoms with van der Waals surface area (Å²) in [6.07, 6.45) is -6.00. The molecule has 0 saturated carbocycles. The summed E-state index contributed by atoms with van der Waals surface area (Å²) < 4.78 is 109. The Kier molecular flexibility index (Phi) is 6.64. The van der Waals surface area contributed by atoms with Gasteiger partial charge in [0, 0.05) is 39.9 Å². The van der Waals surface area contributed by atoms with Crippen molar-refractivity contribution < 1.29 is 40.0 Å². The quantitative estimate of drug-likeness (QED) is 0.370. The summed E-state index contributed by atoms with van der Waals surface area (Å²) in [5.74, 6) is -6.63. The third kappa shape index (κ3) is 4.18. The van der Waals surface area contributed by atoms with Crippen LogP contribution in [-0.4, -0.2) is 35.1 Å². The molecule has 1 fully saturated rings. The van der Waals surface area contributed by atoms with Gasteiger partial charge >= 0.3 is 17.4 Å². The third-order valence-corrected chi connectivity index (χ3v) is 6.31. The van der Waals surface area contributed by atoms with Gasteiger partial charge in [0.1, 0.15) is 0 Å². The molecule has 1 saturated heterocycles. The highest BCUT2D eigenvalue weighted by Gasteiger charge is 2.80. The maximum absolute atomic E-state index is 13.9. The summed E-state index contributed by atoms with van der Waals surface area (Å²) in [7, 11) is 0. The van der Waals surface area contributed by atoms with Crippen molar-refractivity contribution in [3.63, 3.8) is 0 Å². The first-order valence-electron chi connectivity index (χ1n) is 7.01. The highest BCUT2D eigenvalue weighted by atomic mass is 79.9. The molecule has 0 aromatic heterocycles. The minimum atomic E-state index is -6.55. The zero-order chi connectivity index (χ0) is 19.9. The number of hydrogen-bond acceptors (Lipinski definition) is 2. The molecule has 0 amide bonds. The number of alkyl halides is 7. The van der Waals surface area contributed by atoms with E-state index < -0.39 is 33.4 Å². The van der Waals surface area contributed by atoms with E-state index in [2.05, 4.69) is 37.9 Å². The van der Waals surface area contributed by atoms with E-state index in [-0.39, 0.29) is 33.5 Å². The lowest BCUT2D eigenvalue weighted by Crippen LogP contribution is -2.56. The molecule has 1 aliphatic rings. The molecular weight excluding hydrogens is 525 g/mol. The zero-order valence-electron chi connectivity index (χ0n) is 12.6. The van der Waals surface area contributed by atoms with E-state index in [1.165, 1.54) is 0 Å². The van der Waals surface area contributed by atoms with Crippen molar-refractivity contribution in [1.29, 1.82) is 0 Å². The van der Waals surface area contributed by atoms with Gasteiger partial charge < -0.3 is 9.29 Å². The Labute approximate surface area is 163 Å². The van der Waals surface area contributed by atoms with E-state index in [1.54, 1.807) is 0 Å². The Morgan fingerprint density at radius 2 is 1.81 bits per heavy atom. The summed E-state index contributed by atoms with van der Waals surface area (Å²) in [5, 5.41) is -5.85. The van der Waals surface area contributed by atoms with Crippen molar-refractivity contribution in [1.82, 2.24) is 0 Å². The van der Waals surface area contributed by atoms with Crippen LogP contribution in [0.1, 0.15) is 12.0 Å². The second kappa shape index (κ2) is 7.76. The van der Waals surface area contributed by atoms with E-state index >= 15 is 0 Å². The van der Waals surface area contributed by atoms with Gasteiger partial charge in [0.05, 0.1) is 11.2 Å². The van der Waals surface area contributed by atoms with E-state index in [1.807, 2.05) is 0 Å². The van der Waals surface area contributed by atoms with Crippen LogP contribution in [0, 0.1) is 12.0 Å². The summed E-state index contributed by atoms with van der Waals surface area (Å²) >= 11 is 1.93. The average Bonchev–Trinajstić information content (AvgIpc) is 3.00. The molecule has 2 rings (SSSR count). The van der Waals surface area contributed by atoms with Crippen molar-refractivity contribution in [2.75, 3.05) is 13.2 Å². The number of halogens is 9. The van der Waals surface area contributed by atoms with E-state index in [0.29, 0.717) is 13.0 Å². The lowest BCUT2D eigenvalue weighted by atomic mass is 9.99. The van der Waals surface area contributed by atoms with Gasteiger partial charge in [0.25, 0.3) is 0 Å². The lowest BCUT2D eigenvalue weighted by Gasteiger charge is -2.29. The molecule has 1 radical (unpaired) electrons. The van der Waals surface area contributed by atoms with Crippen LogP contribution in [0.3, 0.4) is 0 Å². The Morgan fingerprint density at radius 3 is 2.31 bits per heavy atom. The van der Waals surface area contributed by atoms with Gasteiger partial charge in [-0.2, -0.15) is 22.0 Å². The van der Waals surface area contributed by atoms with Crippen LogP contribution < -0.4 is 0 Å². The topological polar surface area (TPSA) is 32.3 Å². The minimum absolute atomic E-state index is 0.0130. The molecule has 1 aromatic carbocycles. The Balaban J connectivity index is 2.48. The molecule has 1 heterocycles.